The SMILES string of the molecule is COC(=O)C(Cc1ccccc1)NC(=O)c1cccc(NC(C)=O)c1. The van der Waals surface area contributed by atoms with Crippen molar-refractivity contribution in [1.82, 2.24) is 5.32 Å². The van der Waals surface area contributed by atoms with Crippen molar-refractivity contribution < 1.29 is 19.1 Å². The second kappa shape index (κ2) is 8.63. The summed E-state index contributed by atoms with van der Waals surface area (Å²) in [6, 6.07) is 15.0. The minimum Gasteiger partial charge on any atom is -0.467 e. The van der Waals surface area contributed by atoms with E-state index in [9.17, 15) is 14.4 Å². The zero-order valence-corrected chi connectivity index (χ0v) is 14.1. The van der Waals surface area contributed by atoms with E-state index in [1.165, 1.54) is 14.0 Å². The Morgan fingerprint density at radius 1 is 1.04 bits per heavy atom. The third-order valence-corrected chi connectivity index (χ3v) is 3.52. The minimum absolute atomic E-state index is 0.228. The van der Waals surface area contributed by atoms with Gasteiger partial charge in [0.15, 0.2) is 0 Å². The molecule has 0 saturated carbocycles. The van der Waals surface area contributed by atoms with Gasteiger partial charge in [0, 0.05) is 24.6 Å². The van der Waals surface area contributed by atoms with E-state index in [1.807, 2.05) is 30.3 Å². The predicted octanol–water partition coefficient (Wildman–Crippen LogP) is 2.16. The van der Waals surface area contributed by atoms with E-state index in [2.05, 4.69) is 10.6 Å². The maximum absolute atomic E-state index is 12.5. The molecule has 2 aromatic carbocycles. The van der Waals surface area contributed by atoms with Gasteiger partial charge >= 0.3 is 5.97 Å². The molecule has 0 aliphatic carbocycles. The first-order valence-corrected chi connectivity index (χ1v) is 7.80. The number of carbonyl (C=O) groups excluding carboxylic acids is 3. The average molecular weight is 340 g/mol. The zero-order chi connectivity index (χ0) is 18.2. The van der Waals surface area contributed by atoms with Crippen molar-refractivity contribution in [3.05, 3.63) is 65.7 Å². The van der Waals surface area contributed by atoms with E-state index >= 15 is 0 Å². The number of amides is 2. The first-order valence-electron chi connectivity index (χ1n) is 7.80. The van der Waals surface area contributed by atoms with Crippen LogP contribution in [0.3, 0.4) is 0 Å². The summed E-state index contributed by atoms with van der Waals surface area (Å²) in [5.41, 5.74) is 1.76. The molecule has 0 aromatic heterocycles. The van der Waals surface area contributed by atoms with E-state index < -0.39 is 17.9 Å². The number of ether oxygens (including phenoxy) is 1. The van der Waals surface area contributed by atoms with Crippen LogP contribution in [-0.4, -0.2) is 30.9 Å². The quantitative estimate of drug-likeness (QED) is 0.789. The summed E-state index contributed by atoms with van der Waals surface area (Å²) in [6.07, 6.45) is 0.324. The fourth-order valence-corrected chi connectivity index (χ4v) is 2.37. The molecule has 2 amide bonds. The number of anilines is 1. The lowest BCUT2D eigenvalue weighted by molar-refractivity contribution is -0.142. The van der Waals surface area contributed by atoms with Gasteiger partial charge in [-0.1, -0.05) is 36.4 Å². The highest BCUT2D eigenvalue weighted by Gasteiger charge is 2.22. The summed E-state index contributed by atoms with van der Waals surface area (Å²) in [5, 5.41) is 5.30. The lowest BCUT2D eigenvalue weighted by Crippen LogP contribution is -2.43. The lowest BCUT2D eigenvalue weighted by atomic mass is 10.1. The summed E-state index contributed by atoms with van der Waals surface area (Å²) in [4.78, 5) is 35.6. The molecule has 2 N–H and O–H groups in total. The number of esters is 1. The third kappa shape index (κ3) is 5.46. The third-order valence-electron chi connectivity index (χ3n) is 3.52. The van der Waals surface area contributed by atoms with Crippen LogP contribution in [0.2, 0.25) is 0 Å². The summed E-state index contributed by atoms with van der Waals surface area (Å²) >= 11 is 0. The maximum Gasteiger partial charge on any atom is 0.328 e. The van der Waals surface area contributed by atoms with Crippen LogP contribution < -0.4 is 10.6 Å². The highest BCUT2D eigenvalue weighted by atomic mass is 16.5. The van der Waals surface area contributed by atoms with Crippen LogP contribution in [0, 0.1) is 0 Å². The Morgan fingerprint density at radius 3 is 2.40 bits per heavy atom. The maximum atomic E-state index is 12.5. The summed E-state index contributed by atoms with van der Waals surface area (Å²) < 4.78 is 4.79. The van der Waals surface area contributed by atoms with E-state index in [0.717, 1.165) is 5.56 Å². The van der Waals surface area contributed by atoms with Crippen molar-refractivity contribution in [3.8, 4) is 0 Å². The molecule has 130 valence electrons. The molecule has 2 rings (SSSR count). The van der Waals surface area contributed by atoms with E-state index in [0.29, 0.717) is 17.7 Å². The topological polar surface area (TPSA) is 84.5 Å². The van der Waals surface area contributed by atoms with Gasteiger partial charge in [-0.25, -0.2) is 4.79 Å². The smallest absolute Gasteiger partial charge is 0.328 e. The molecule has 0 aliphatic heterocycles. The fourth-order valence-electron chi connectivity index (χ4n) is 2.37. The molecule has 0 spiro atoms. The van der Waals surface area contributed by atoms with Crippen molar-refractivity contribution in [3.63, 3.8) is 0 Å². The van der Waals surface area contributed by atoms with Crippen molar-refractivity contribution in [2.75, 3.05) is 12.4 Å². The van der Waals surface area contributed by atoms with Crippen molar-refractivity contribution in [1.29, 1.82) is 0 Å². The number of methoxy groups -OCH3 is 1. The number of benzene rings is 2. The lowest BCUT2D eigenvalue weighted by Gasteiger charge is -2.17. The molecule has 25 heavy (non-hydrogen) atoms. The largest absolute Gasteiger partial charge is 0.467 e. The summed E-state index contributed by atoms with van der Waals surface area (Å²) in [7, 11) is 1.28. The van der Waals surface area contributed by atoms with Crippen molar-refractivity contribution in [2.45, 2.75) is 19.4 Å². The van der Waals surface area contributed by atoms with Crippen molar-refractivity contribution in [2.24, 2.45) is 0 Å². The second-order valence-corrected chi connectivity index (χ2v) is 5.50. The summed E-state index contributed by atoms with van der Waals surface area (Å²) in [6.45, 7) is 1.39. The van der Waals surface area contributed by atoms with E-state index in [4.69, 9.17) is 4.74 Å². The number of hydrogen-bond donors (Lipinski definition) is 2. The van der Waals surface area contributed by atoms with Gasteiger partial charge in [-0.3, -0.25) is 9.59 Å². The van der Waals surface area contributed by atoms with Gasteiger partial charge in [0.2, 0.25) is 5.91 Å². The normalized spacial score (nSPS) is 11.3. The Hall–Kier alpha value is -3.15. The number of hydrogen-bond acceptors (Lipinski definition) is 4. The predicted molar refractivity (Wildman–Crippen MR) is 94.2 cm³/mol. The van der Waals surface area contributed by atoms with E-state index in [-0.39, 0.29) is 5.91 Å². The van der Waals surface area contributed by atoms with Gasteiger partial charge in [0.1, 0.15) is 6.04 Å². The Bertz CT molecular complexity index is 759. The van der Waals surface area contributed by atoms with Gasteiger partial charge in [-0.15, -0.1) is 0 Å². The monoisotopic (exact) mass is 340 g/mol. The molecule has 6 heteroatoms. The van der Waals surface area contributed by atoms with Gasteiger partial charge in [0.25, 0.3) is 5.91 Å². The number of nitrogens with one attached hydrogen (secondary N) is 2. The molecule has 1 unspecified atom stereocenters. The number of rotatable bonds is 6. The molecule has 0 fully saturated rings. The number of carbonyl (C=O) groups is 3. The Balaban J connectivity index is 2.13. The van der Waals surface area contributed by atoms with Crippen LogP contribution in [-0.2, 0) is 20.7 Å². The van der Waals surface area contributed by atoms with Crippen LogP contribution in [0.5, 0.6) is 0 Å². The molecule has 0 aliphatic rings. The van der Waals surface area contributed by atoms with Crippen LogP contribution in [0.4, 0.5) is 5.69 Å². The molecule has 0 bridgehead atoms. The standard InChI is InChI=1S/C19H20N2O4/c1-13(22)20-16-10-6-9-15(12-16)18(23)21-17(19(24)25-2)11-14-7-4-3-5-8-14/h3-10,12,17H,11H2,1-2H3,(H,20,22)(H,21,23). The molecule has 6 nitrogen and oxygen atoms in total. The molecule has 0 heterocycles. The van der Waals surface area contributed by atoms with Crippen molar-refractivity contribution >= 4 is 23.5 Å². The zero-order valence-electron chi connectivity index (χ0n) is 14.1. The summed E-state index contributed by atoms with van der Waals surface area (Å²) in [5.74, 6) is -1.16. The van der Waals surface area contributed by atoms with Crippen LogP contribution in [0.25, 0.3) is 0 Å². The van der Waals surface area contributed by atoms with Crippen LogP contribution >= 0.6 is 0 Å². The Kier molecular flexibility index (Phi) is 6.28. The molecule has 2 aromatic rings. The first kappa shape index (κ1) is 18.2. The Morgan fingerprint density at radius 2 is 1.76 bits per heavy atom. The Labute approximate surface area is 146 Å². The van der Waals surface area contributed by atoms with Gasteiger partial charge in [0.05, 0.1) is 7.11 Å². The molecular formula is C19H20N2O4. The first-order chi connectivity index (χ1) is 12.0. The highest BCUT2D eigenvalue weighted by Crippen LogP contribution is 2.12. The van der Waals surface area contributed by atoms with Crippen LogP contribution in [0.1, 0.15) is 22.8 Å². The van der Waals surface area contributed by atoms with Gasteiger partial charge < -0.3 is 15.4 Å². The van der Waals surface area contributed by atoms with Gasteiger partial charge in [-0.2, -0.15) is 0 Å². The molecular weight excluding hydrogens is 320 g/mol. The fraction of sp³-hybridized carbons (Fsp3) is 0.211. The second-order valence-electron chi connectivity index (χ2n) is 5.50. The highest BCUT2D eigenvalue weighted by molar-refractivity contribution is 5.98. The van der Waals surface area contributed by atoms with E-state index in [1.54, 1.807) is 24.3 Å². The average Bonchev–Trinajstić information content (AvgIpc) is 2.61. The van der Waals surface area contributed by atoms with Gasteiger partial charge in [-0.05, 0) is 23.8 Å². The molecule has 0 radical (unpaired) electrons. The molecule has 1 atom stereocenters. The molecule has 0 saturated heterocycles. The minimum atomic E-state index is -0.802. The van der Waals surface area contributed by atoms with Crippen LogP contribution in [0.15, 0.2) is 54.6 Å².